The minimum atomic E-state index is -2.45. The first kappa shape index (κ1) is 14.3. The Labute approximate surface area is 111 Å². The summed E-state index contributed by atoms with van der Waals surface area (Å²) < 4.78 is 26.5. The lowest BCUT2D eigenvalue weighted by Crippen LogP contribution is -2.32. The Balaban J connectivity index is 1.77. The Hall–Kier alpha value is -0.140. The summed E-state index contributed by atoms with van der Waals surface area (Å²) in [5.74, 6) is -0.260. The highest BCUT2D eigenvalue weighted by Crippen LogP contribution is 2.44. The molecule has 0 atom stereocenters. The van der Waals surface area contributed by atoms with Crippen LogP contribution in [0, 0.1) is 23.7 Å². The number of rotatable bonds is 3. The van der Waals surface area contributed by atoms with Gasteiger partial charge in [-0.25, -0.2) is 8.78 Å². The lowest BCUT2D eigenvalue weighted by Gasteiger charge is -2.38. The van der Waals surface area contributed by atoms with Crippen molar-refractivity contribution in [2.75, 3.05) is 0 Å². The molecule has 0 radical (unpaired) electrons. The van der Waals surface area contributed by atoms with Gasteiger partial charge in [0.1, 0.15) is 0 Å². The summed E-state index contributed by atoms with van der Waals surface area (Å²) >= 11 is 0. The molecule has 0 spiro atoms. The van der Waals surface area contributed by atoms with Crippen LogP contribution in [-0.2, 0) is 0 Å². The monoisotopic (exact) mass is 258 g/mol. The highest BCUT2D eigenvalue weighted by molar-refractivity contribution is 4.84. The maximum absolute atomic E-state index is 13.3. The van der Waals surface area contributed by atoms with Crippen LogP contribution in [0.5, 0.6) is 0 Å². The van der Waals surface area contributed by atoms with Gasteiger partial charge in [-0.05, 0) is 63.2 Å². The molecular formula is C16H28F2. The third-order valence-electron chi connectivity index (χ3n) is 5.62. The fraction of sp³-hybridized carbons (Fsp3) is 1.00. The fourth-order valence-corrected chi connectivity index (χ4v) is 4.17. The number of hydrogen-bond donors (Lipinski definition) is 0. The van der Waals surface area contributed by atoms with Crippen molar-refractivity contribution in [2.24, 2.45) is 23.7 Å². The molecule has 106 valence electrons. The van der Waals surface area contributed by atoms with Crippen molar-refractivity contribution in [1.29, 1.82) is 0 Å². The molecule has 0 aromatic heterocycles. The predicted octanol–water partition coefficient (Wildman–Crippen LogP) is 5.66. The Morgan fingerprint density at radius 3 is 1.67 bits per heavy atom. The molecule has 0 bridgehead atoms. The topological polar surface area (TPSA) is 0 Å². The minimum Gasteiger partial charge on any atom is -0.207 e. The minimum absolute atomic E-state index is 0.347. The van der Waals surface area contributed by atoms with E-state index >= 15 is 0 Å². The van der Waals surface area contributed by atoms with Gasteiger partial charge in [0.05, 0.1) is 0 Å². The molecule has 0 unspecified atom stereocenters. The zero-order valence-corrected chi connectivity index (χ0v) is 11.9. The van der Waals surface area contributed by atoms with Crippen molar-refractivity contribution >= 4 is 0 Å². The smallest absolute Gasteiger partial charge is 0.207 e. The van der Waals surface area contributed by atoms with E-state index in [0.29, 0.717) is 0 Å². The van der Waals surface area contributed by atoms with Gasteiger partial charge in [-0.1, -0.05) is 26.2 Å². The van der Waals surface area contributed by atoms with E-state index in [1.807, 2.05) is 0 Å². The van der Waals surface area contributed by atoms with Gasteiger partial charge >= 0.3 is 0 Å². The van der Waals surface area contributed by atoms with Crippen LogP contribution >= 0.6 is 0 Å². The van der Waals surface area contributed by atoms with E-state index in [1.165, 1.54) is 32.1 Å². The van der Waals surface area contributed by atoms with E-state index in [9.17, 15) is 8.78 Å². The van der Waals surface area contributed by atoms with Crippen molar-refractivity contribution in [2.45, 2.75) is 77.6 Å². The van der Waals surface area contributed by atoms with Gasteiger partial charge in [0.2, 0.25) is 5.92 Å². The summed E-state index contributed by atoms with van der Waals surface area (Å²) in [5, 5.41) is 0. The molecule has 2 aliphatic carbocycles. The first-order valence-electron chi connectivity index (χ1n) is 7.88. The molecule has 2 heteroatoms. The standard InChI is InChI=1S/C16H28F2/c1-3-12-4-6-13(7-5-12)14-8-10-15(11-9-14)16(2,17)18/h12-15H,3-11H2,1-2H3. The molecule has 0 N–H and O–H groups in total. The van der Waals surface area contributed by atoms with Gasteiger partial charge in [0, 0.05) is 5.92 Å². The van der Waals surface area contributed by atoms with Gasteiger partial charge < -0.3 is 0 Å². The van der Waals surface area contributed by atoms with Crippen LogP contribution in [0.2, 0.25) is 0 Å². The molecule has 0 aromatic rings. The first-order chi connectivity index (χ1) is 8.50. The number of hydrogen-bond acceptors (Lipinski definition) is 0. The normalized spacial score (nSPS) is 38.7. The van der Waals surface area contributed by atoms with Gasteiger partial charge in [-0.3, -0.25) is 0 Å². The average molecular weight is 258 g/mol. The largest absolute Gasteiger partial charge is 0.248 e. The second kappa shape index (κ2) is 5.88. The highest BCUT2D eigenvalue weighted by Gasteiger charge is 2.38. The van der Waals surface area contributed by atoms with Crippen molar-refractivity contribution in [3.8, 4) is 0 Å². The summed E-state index contributed by atoms with van der Waals surface area (Å²) in [4.78, 5) is 0. The third kappa shape index (κ3) is 3.45. The zero-order valence-electron chi connectivity index (χ0n) is 11.9. The van der Waals surface area contributed by atoms with Crippen LogP contribution in [0.3, 0.4) is 0 Å². The van der Waals surface area contributed by atoms with Crippen LogP contribution in [0.15, 0.2) is 0 Å². The summed E-state index contributed by atoms with van der Waals surface area (Å²) in [6.45, 7) is 3.39. The summed E-state index contributed by atoms with van der Waals surface area (Å²) in [7, 11) is 0. The molecule has 0 aromatic carbocycles. The molecule has 0 amide bonds. The summed E-state index contributed by atoms with van der Waals surface area (Å²) in [6.07, 6.45) is 10.4. The maximum atomic E-state index is 13.3. The van der Waals surface area contributed by atoms with E-state index in [2.05, 4.69) is 6.92 Å². The van der Waals surface area contributed by atoms with Crippen molar-refractivity contribution < 1.29 is 8.78 Å². The lowest BCUT2D eigenvalue weighted by atomic mass is 9.68. The van der Waals surface area contributed by atoms with Crippen LogP contribution < -0.4 is 0 Å². The number of alkyl halides is 2. The quantitative estimate of drug-likeness (QED) is 0.612. The van der Waals surface area contributed by atoms with Gasteiger partial charge in [-0.15, -0.1) is 0 Å². The maximum Gasteiger partial charge on any atom is 0.248 e. The molecule has 0 aliphatic heterocycles. The second-order valence-corrected chi connectivity index (χ2v) is 6.76. The van der Waals surface area contributed by atoms with Crippen LogP contribution in [0.25, 0.3) is 0 Å². The molecule has 2 aliphatic rings. The second-order valence-electron chi connectivity index (χ2n) is 6.76. The fourth-order valence-electron chi connectivity index (χ4n) is 4.17. The molecular weight excluding hydrogens is 230 g/mol. The molecule has 2 fully saturated rings. The Kier molecular flexibility index (Phi) is 4.66. The van der Waals surface area contributed by atoms with Gasteiger partial charge in [-0.2, -0.15) is 0 Å². The molecule has 18 heavy (non-hydrogen) atoms. The van der Waals surface area contributed by atoms with E-state index < -0.39 is 5.92 Å². The van der Waals surface area contributed by atoms with Crippen LogP contribution in [0.1, 0.15) is 71.6 Å². The van der Waals surface area contributed by atoms with Crippen molar-refractivity contribution in [3.63, 3.8) is 0 Å². The lowest BCUT2D eigenvalue weighted by molar-refractivity contribution is -0.0618. The Bertz CT molecular complexity index is 240. The van der Waals surface area contributed by atoms with Gasteiger partial charge in [0.15, 0.2) is 0 Å². The summed E-state index contributed by atoms with van der Waals surface area (Å²) in [5.41, 5.74) is 0. The third-order valence-corrected chi connectivity index (χ3v) is 5.62. The van der Waals surface area contributed by atoms with E-state index in [1.54, 1.807) is 0 Å². The van der Waals surface area contributed by atoms with E-state index in [0.717, 1.165) is 50.4 Å². The zero-order chi connectivity index (χ0) is 13.2. The Morgan fingerprint density at radius 1 is 0.833 bits per heavy atom. The van der Waals surface area contributed by atoms with Crippen LogP contribution in [0.4, 0.5) is 8.78 Å². The van der Waals surface area contributed by atoms with E-state index in [4.69, 9.17) is 0 Å². The van der Waals surface area contributed by atoms with Crippen molar-refractivity contribution in [1.82, 2.24) is 0 Å². The SMILES string of the molecule is CCC1CCC(C2CCC(C(C)(F)F)CC2)CC1. The number of halogens is 2. The molecule has 2 saturated carbocycles. The van der Waals surface area contributed by atoms with E-state index in [-0.39, 0.29) is 5.92 Å². The van der Waals surface area contributed by atoms with Crippen LogP contribution in [-0.4, -0.2) is 5.92 Å². The Morgan fingerprint density at radius 2 is 1.28 bits per heavy atom. The summed E-state index contributed by atoms with van der Waals surface area (Å²) in [6, 6.07) is 0. The predicted molar refractivity (Wildman–Crippen MR) is 71.8 cm³/mol. The molecule has 0 saturated heterocycles. The first-order valence-corrected chi connectivity index (χ1v) is 7.88. The highest BCUT2D eigenvalue weighted by atomic mass is 19.3. The molecule has 2 rings (SSSR count). The van der Waals surface area contributed by atoms with Crippen molar-refractivity contribution in [3.05, 3.63) is 0 Å². The molecule has 0 nitrogen and oxygen atoms in total. The van der Waals surface area contributed by atoms with Gasteiger partial charge in [0.25, 0.3) is 0 Å². The average Bonchev–Trinajstić information content (AvgIpc) is 2.38. The molecule has 0 heterocycles.